The van der Waals surface area contributed by atoms with Crippen LogP contribution >= 0.6 is 11.9 Å². The van der Waals surface area contributed by atoms with Gasteiger partial charge in [-0.05, 0) is 91.9 Å². The van der Waals surface area contributed by atoms with Crippen LogP contribution in [0.15, 0.2) is 41.3 Å². The highest BCUT2D eigenvalue weighted by atomic mass is 32.2. The van der Waals surface area contributed by atoms with E-state index < -0.39 is 6.61 Å². The molecule has 2 rings (SSSR count). The van der Waals surface area contributed by atoms with Gasteiger partial charge in [-0.15, -0.1) is 0 Å². The number of nitrogens with two attached hydrogens (primary N) is 2. The first kappa shape index (κ1) is 30.0. The summed E-state index contributed by atoms with van der Waals surface area (Å²) >= 11 is 1.28. The Morgan fingerprint density at radius 3 is 2.12 bits per heavy atom. The summed E-state index contributed by atoms with van der Waals surface area (Å²) in [6, 6.07) is 11.5. The van der Waals surface area contributed by atoms with Crippen molar-refractivity contribution in [2.75, 3.05) is 21.1 Å². The first-order valence-corrected chi connectivity index (χ1v) is 11.3. The van der Waals surface area contributed by atoms with Crippen LogP contribution in [0.2, 0.25) is 0 Å². The van der Waals surface area contributed by atoms with Crippen LogP contribution in [0.25, 0.3) is 0 Å². The van der Waals surface area contributed by atoms with Gasteiger partial charge in [-0.3, -0.25) is 5.14 Å². The van der Waals surface area contributed by atoms with Gasteiger partial charge in [0.25, 0.3) is 0 Å². The van der Waals surface area contributed by atoms with Gasteiger partial charge in [0.1, 0.15) is 12.0 Å². The summed E-state index contributed by atoms with van der Waals surface area (Å²) in [7, 11) is 5.62. The van der Waals surface area contributed by atoms with E-state index in [1.54, 1.807) is 12.1 Å². The van der Waals surface area contributed by atoms with Crippen molar-refractivity contribution in [1.82, 2.24) is 4.90 Å². The number of aldehydes is 1. The summed E-state index contributed by atoms with van der Waals surface area (Å²) in [5, 5.41) is 5.41. The predicted octanol–water partition coefficient (Wildman–Crippen LogP) is 5.00. The van der Waals surface area contributed by atoms with Crippen molar-refractivity contribution in [3.8, 4) is 5.75 Å². The minimum Gasteiger partial charge on any atom is -0.435 e. The Labute approximate surface area is 195 Å². The van der Waals surface area contributed by atoms with Crippen molar-refractivity contribution < 1.29 is 18.3 Å². The van der Waals surface area contributed by atoms with Crippen molar-refractivity contribution in [1.29, 1.82) is 0 Å². The van der Waals surface area contributed by atoms with Crippen LogP contribution in [0.1, 0.15) is 48.9 Å². The summed E-state index contributed by atoms with van der Waals surface area (Å²) in [4.78, 5) is 14.0. The molecule has 180 valence electrons. The first-order valence-electron chi connectivity index (χ1n) is 10.4. The van der Waals surface area contributed by atoms with Gasteiger partial charge in [-0.25, -0.2) is 0 Å². The van der Waals surface area contributed by atoms with Gasteiger partial charge in [-0.2, -0.15) is 8.78 Å². The molecule has 2 aromatic rings. The molecule has 0 unspecified atom stereocenters. The number of ether oxygens (including phenoxy) is 1. The third kappa shape index (κ3) is 11.0. The lowest BCUT2D eigenvalue weighted by atomic mass is 9.90. The van der Waals surface area contributed by atoms with Crippen molar-refractivity contribution >= 4 is 18.2 Å². The molecule has 0 saturated carbocycles. The Morgan fingerprint density at radius 1 is 1.12 bits per heavy atom. The number of carbonyl (C=O) groups excluding carboxylic acids is 1. The maximum atomic E-state index is 12.3. The molecule has 0 fully saturated rings. The van der Waals surface area contributed by atoms with Crippen molar-refractivity contribution in [3.63, 3.8) is 0 Å². The topological polar surface area (TPSA) is 81.6 Å². The molecule has 0 aliphatic rings. The van der Waals surface area contributed by atoms with E-state index >= 15 is 0 Å². The van der Waals surface area contributed by atoms with Crippen LogP contribution < -0.4 is 15.6 Å². The number of aryl methyl sites for hydroxylation is 1. The first-order chi connectivity index (χ1) is 15.2. The third-order valence-electron chi connectivity index (χ3n) is 4.42. The number of hydrogen-bond donors (Lipinski definition) is 2. The molecule has 4 N–H and O–H groups in total. The van der Waals surface area contributed by atoms with Crippen LogP contribution in [0.3, 0.4) is 0 Å². The number of rotatable bonds is 9. The van der Waals surface area contributed by atoms with E-state index in [4.69, 9.17) is 5.14 Å². The van der Waals surface area contributed by atoms with Gasteiger partial charge in [0.05, 0.1) is 0 Å². The third-order valence-corrected chi connectivity index (χ3v) is 4.97. The number of halogens is 2. The molecule has 0 saturated heterocycles. The molecule has 0 bridgehead atoms. The van der Waals surface area contributed by atoms with Crippen molar-refractivity contribution in [2.45, 2.75) is 57.6 Å². The zero-order valence-corrected chi connectivity index (χ0v) is 20.7. The Morgan fingerprint density at radius 2 is 1.72 bits per heavy atom. The molecule has 0 heterocycles. The van der Waals surface area contributed by atoms with Crippen LogP contribution in [0, 0.1) is 0 Å². The highest BCUT2D eigenvalue weighted by molar-refractivity contribution is 7.97. The molecular weight excluding hydrogens is 432 g/mol. The lowest BCUT2D eigenvalue weighted by Crippen LogP contribution is -2.10. The molecular formula is C24H37F2N3O2S. The summed E-state index contributed by atoms with van der Waals surface area (Å²) in [6.07, 6.45) is 1.84. The molecule has 0 amide bonds. The van der Waals surface area contributed by atoms with Crippen LogP contribution in [-0.2, 0) is 24.2 Å². The average Bonchev–Trinajstić information content (AvgIpc) is 2.76. The predicted molar refractivity (Wildman–Crippen MR) is 130 cm³/mol. The standard InChI is InChI=1S/C14H18F2O2.C9H14N2S.CH5N/c1-4-10-7-11(18-14(15)16)8-13(9(2)3)12(10)5-6-17;1-11(2)7-8-3-5-9(12-10)6-4-8;1-2/h6-9,14H,4-5H2,1-3H3;3-6H,7,10H2,1-2H3;2H2,1H3. The fourth-order valence-corrected chi connectivity index (χ4v) is 3.39. The maximum absolute atomic E-state index is 12.3. The second-order valence-corrected chi connectivity index (χ2v) is 8.11. The second kappa shape index (κ2) is 16.6. The van der Waals surface area contributed by atoms with Gasteiger partial charge < -0.3 is 20.2 Å². The molecule has 0 spiro atoms. The fourth-order valence-electron chi connectivity index (χ4n) is 3.10. The summed E-state index contributed by atoms with van der Waals surface area (Å²) in [6.45, 7) is 4.02. The Hall–Kier alpha value is -2.00. The largest absolute Gasteiger partial charge is 0.435 e. The number of hydrogen-bond acceptors (Lipinski definition) is 6. The monoisotopic (exact) mass is 469 g/mol. The van der Waals surface area contributed by atoms with E-state index in [-0.39, 0.29) is 11.7 Å². The van der Waals surface area contributed by atoms with Gasteiger partial charge >= 0.3 is 6.61 Å². The molecule has 0 atom stereocenters. The quantitative estimate of drug-likeness (QED) is 0.397. The molecule has 0 aliphatic heterocycles. The highest BCUT2D eigenvalue weighted by Gasteiger charge is 2.15. The minimum atomic E-state index is -2.83. The Kier molecular flexibility index (Phi) is 15.6. The van der Waals surface area contributed by atoms with Crippen LogP contribution in [-0.4, -0.2) is 38.9 Å². The van der Waals surface area contributed by atoms with Gasteiger partial charge in [0, 0.05) is 17.9 Å². The van der Waals surface area contributed by atoms with Crippen molar-refractivity contribution in [2.24, 2.45) is 10.9 Å². The Balaban J connectivity index is 0.000000595. The molecule has 5 nitrogen and oxygen atoms in total. The van der Waals surface area contributed by atoms with Crippen LogP contribution in [0.5, 0.6) is 5.75 Å². The SMILES string of the molecule is CCc1cc(OC(F)F)cc(C(C)C)c1CC=O.CN.CN(C)Cc1ccc(SN)cc1. The summed E-state index contributed by atoms with van der Waals surface area (Å²) < 4.78 is 29.0. The van der Waals surface area contributed by atoms with E-state index in [1.807, 2.05) is 32.9 Å². The molecule has 8 heteroatoms. The summed E-state index contributed by atoms with van der Waals surface area (Å²) in [5.74, 6) is 0.326. The number of nitrogens with zero attached hydrogens (tertiary/aromatic N) is 1. The smallest absolute Gasteiger partial charge is 0.387 e. The van der Waals surface area contributed by atoms with Gasteiger partial charge in [-0.1, -0.05) is 32.9 Å². The van der Waals surface area contributed by atoms with Gasteiger partial charge in [0.15, 0.2) is 0 Å². The van der Waals surface area contributed by atoms with E-state index in [2.05, 4.69) is 41.6 Å². The molecule has 32 heavy (non-hydrogen) atoms. The Bertz CT molecular complexity index is 786. The molecule has 0 aliphatic carbocycles. The zero-order valence-electron chi connectivity index (χ0n) is 19.9. The van der Waals surface area contributed by atoms with Crippen LogP contribution in [0.4, 0.5) is 8.78 Å². The fraction of sp³-hybridized carbons (Fsp3) is 0.458. The van der Waals surface area contributed by atoms with E-state index in [0.717, 1.165) is 34.4 Å². The number of benzene rings is 2. The number of alkyl halides is 2. The summed E-state index contributed by atoms with van der Waals surface area (Å²) in [5.41, 5.74) is 8.54. The maximum Gasteiger partial charge on any atom is 0.387 e. The normalized spacial score (nSPS) is 10.4. The van der Waals surface area contributed by atoms with E-state index in [0.29, 0.717) is 12.8 Å². The molecule has 0 radical (unpaired) electrons. The van der Waals surface area contributed by atoms with E-state index in [1.165, 1.54) is 24.6 Å². The van der Waals surface area contributed by atoms with Gasteiger partial charge in [0.2, 0.25) is 0 Å². The molecule has 2 aromatic carbocycles. The zero-order chi connectivity index (χ0) is 24.7. The van der Waals surface area contributed by atoms with E-state index in [9.17, 15) is 13.6 Å². The minimum absolute atomic E-state index is 0.159. The second-order valence-electron chi connectivity index (χ2n) is 7.41. The lowest BCUT2D eigenvalue weighted by molar-refractivity contribution is -0.107. The average molecular weight is 470 g/mol. The molecule has 0 aromatic heterocycles. The highest BCUT2D eigenvalue weighted by Crippen LogP contribution is 2.29. The number of carbonyl (C=O) groups is 1. The lowest BCUT2D eigenvalue weighted by Gasteiger charge is -2.17. The van der Waals surface area contributed by atoms with Crippen molar-refractivity contribution in [3.05, 3.63) is 58.7 Å².